The molecule has 0 aliphatic rings. The molecule has 1 rings (SSSR count). The van der Waals surface area contributed by atoms with Crippen LogP contribution in [-0.2, 0) is 13.8 Å². The van der Waals surface area contributed by atoms with E-state index in [1.165, 1.54) is 12.1 Å². The largest absolute Gasteiger partial charge is 0.490 e. The molecule has 0 radical (unpaired) electrons. The van der Waals surface area contributed by atoms with Gasteiger partial charge in [-0.05, 0) is 41.1 Å². The first-order chi connectivity index (χ1) is 7.84. The van der Waals surface area contributed by atoms with Gasteiger partial charge in [0.1, 0.15) is 12.4 Å². The van der Waals surface area contributed by atoms with Crippen LogP contribution in [0.1, 0.15) is 6.92 Å². The zero-order valence-electron chi connectivity index (χ0n) is 9.31. The minimum absolute atomic E-state index is 0.0261. The number of benzene rings is 1. The summed E-state index contributed by atoms with van der Waals surface area (Å²) in [5.74, 6) is 0.540. The molecule has 96 valence electrons. The van der Waals surface area contributed by atoms with E-state index in [4.69, 9.17) is 20.2 Å². The fourth-order valence-corrected chi connectivity index (χ4v) is 2.45. The van der Waals surface area contributed by atoms with Gasteiger partial charge in [0.05, 0.1) is 15.5 Å². The molecule has 1 unspecified atom stereocenters. The molecule has 0 saturated heterocycles. The topological polar surface area (TPSA) is 52.6 Å². The molecule has 0 heterocycles. The maximum absolute atomic E-state index is 11.1. The van der Waals surface area contributed by atoms with Crippen LogP contribution in [0.5, 0.6) is 5.75 Å². The van der Waals surface area contributed by atoms with E-state index in [0.717, 1.165) is 0 Å². The average Bonchev–Trinajstić information content (AvgIpc) is 2.25. The summed E-state index contributed by atoms with van der Waals surface area (Å²) in [7, 11) is 3.10. The van der Waals surface area contributed by atoms with Gasteiger partial charge in [0.15, 0.2) is 0 Å². The van der Waals surface area contributed by atoms with Crippen molar-refractivity contribution in [3.05, 3.63) is 22.7 Å². The van der Waals surface area contributed by atoms with Crippen molar-refractivity contribution in [3.8, 4) is 5.75 Å². The molecule has 1 aromatic rings. The SMILES string of the molecule is COC(C)COc1ccc(S(=O)(=O)Cl)cc1Br. The van der Waals surface area contributed by atoms with E-state index in [2.05, 4.69) is 15.9 Å². The summed E-state index contributed by atoms with van der Waals surface area (Å²) < 4.78 is 33.2. The van der Waals surface area contributed by atoms with Crippen molar-refractivity contribution in [2.24, 2.45) is 0 Å². The minimum Gasteiger partial charge on any atom is -0.490 e. The third-order valence-corrected chi connectivity index (χ3v) is 4.03. The zero-order valence-corrected chi connectivity index (χ0v) is 12.5. The molecule has 7 heteroatoms. The van der Waals surface area contributed by atoms with Crippen LogP contribution in [0.25, 0.3) is 0 Å². The molecule has 0 amide bonds. The minimum atomic E-state index is -3.72. The average molecular weight is 344 g/mol. The molecule has 0 bridgehead atoms. The molecule has 0 aromatic heterocycles. The van der Waals surface area contributed by atoms with Gasteiger partial charge in [-0.1, -0.05) is 0 Å². The number of hydrogen-bond donors (Lipinski definition) is 0. The highest BCUT2D eigenvalue weighted by molar-refractivity contribution is 9.10. The second-order valence-electron chi connectivity index (χ2n) is 3.39. The fraction of sp³-hybridized carbons (Fsp3) is 0.400. The normalized spacial score (nSPS) is 13.4. The Hall–Kier alpha value is -0.300. The quantitative estimate of drug-likeness (QED) is 0.772. The third kappa shape index (κ3) is 4.46. The number of methoxy groups -OCH3 is 1. The van der Waals surface area contributed by atoms with Crippen LogP contribution in [0.4, 0.5) is 0 Å². The first-order valence-corrected chi connectivity index (χ1v) is 7.84. The number of ether oxygens (including phenoxy) is 2. The lowest BCUT2D eigenvalue weighted by Gasteiger charge is -2.12. The van der Waals surface area contributed by atoms with Crippen LogP contribution in [0, 0.1) is 0 Å². The molecule has 0 aliphatic carbocycles. The molecule has 0 N–H and O–H groups in total. The van der Waals surface area contributed by atoms with Crippen LogP contribution in [0.3, 0.4) is 0 Å². The Balaban J connectivity index is 2.84. The van der Waals surface area contributed by atoms with Gasteiger partial charge in [-0.15, -0.1) is 0 Å². The van der Waals surface area contributed by atoms with Gasteiger partial charge in [0, 0.05) is 17.8 Å². The summed E-state index contributed by atoms with van der Waals surface area (Å²) in [5, 5.41) is 0. The smallest absolute Gasteiger partial charge is 0.261 e. The first kappa shape index (κ1) is 14.8. The molecule has 0 fully saturated rings. The maximum Gasteiger partial charge on any atom is 0.261 e. The fourth-order valence-electron chi connectivity index (χ4n) is 1.03. The van der Waals surface area contributed by atoms with Gasteiger partial charge in [0.25, 0.3) is 9.05 Å². The van der Waals surface area contributed by atoms with Crippen LogP contribution in [0.15, 0.2) is 27.6 Å². The van der Waals surface area contributed by atoms with E-state index in [1.54, 1.807) is 13.2 Å². The Morgan fingerprint density at radius 3 is 2.59 bits per heavy atom. The van der Waals surface area contributed by atoms with Gasteiger partial charge < -0.3 is 9.47 Å². The van der Waals surface area contributed by atoms with Crippen molar-refractivity contribution in [3.63, 3.8) is 0 Å². The molecule has 4 nitrogen and oxygen atoms in total. The predicted octanol–water partition coefficient (Wildman–Crippen LogP) is 2.79. The number of hydrogen-bond acceptors (Lipinski definition) is 4. The van der Waals surface area contributed by atoms with Gasteiger partial charge in [0.2, 0.25) is 0 Å². The Kier molecular flexibility index (Phi) is 5.24. The Morgan fingerprint density at radius 2 is 2.12 bits per heavy atom. The lowest BCUT2D eigenvalue weighted by molar-refractivity contribution is 0.0714. The van der Waals surface area contributed by atoms with Crippen LogP contribution >= 0.6 is 26.6 Å². The summed E-state index contributed by atoms with van der Waals surface area (Å²) in [4.78, 5) is 0.0261. The molecule has 1 atom stereocenters. The molecule has 0 aliphatic heterocycles. The number of rotatable bonds is 5. The molecule has 0 spiro atoms. The molecule has 1 aromatic carbocycles. The van der Waals surface area contributed by atoms with Crippen LogP contribution < -0.4 is 4.74 Å². The molecular weight excluding hydrogens is 332 g/mol. The third-order valence-electron chi connectivity index (χ3n) is 2.06. The highest BCUT2D eigenvalue weighted by atomic mass is 79.9. The standard InChI is InChI=1S/C10H12BrClO4S/c1-7(15-2)6-16-10-4-3-8(5-9(10)11)17(12,13)14/h3-5,7H,6H2,1-2H3. The van der Waals surface area contributed by atoms with Crippen molar-refractivity contribution < 1.29 is 17.9 Å². The van der Waals surface area contributed by atoms with E-state index < -0.39 is 9.05 Å². The van der Waals surface area contributed by atoms with Gasteiger partial charge in [-0.3, -0.25) is 0 Å². The Labute approximate surface area is 113 Å². The van der Waals surface area contributed by atoms with E-state index in [9.17, 15) is 8.42 Å². The van der Waals surface area contributed by atoms with Crippen molar-refractivity contribution in [1.29, 1.82) is 0 Å². The van der Waals surface area contributed by atoms with Gasteiger partial charge >= 0.3 is 0 Å². The van der Waals surface area contributed by atoms with Crippen molar-refractivity contribution in [1.82, 2.24) is 0 Å². The molecule has 0 saturated carbocycles. The second kappa shape index (κ2) is 6.04. The van der Waals surface area contributed by atoms with Crippen molar-refractivity contribution >= 4 is 35.7 Å². The van der Waals surface area contributed by atoms with Crippen molar-refractivity contribution in [2.75, 3.05) is 13.7 Å². The van der Waals surface area contributed by atoms with Crippen molar-refractivity contribution in [2.45, 2.75) is 17.9 Å². The highest BCUT2D eigenvalue weighted by Gasteiger charge is 2.13. The Morgan fingerprint density at radius 1 is 1.47 bits per heavy atom. The first-order valence-electron chi connectivity index (χ1n) is 4.74. The molecule has 17 heavy (non-hydrogen) atoms. The second-order valence-corrected chi connectivity index (χ2v) is 6.81. The zero-order chi connectivity index (χ0) is 13.1. The van der Waals surface area contributed by atoms with E-state index >= 15 is 0 Å². The van der Waals surface area contributed by atoms with Crippen LogP contribution in [-0.4, -0.2) is 28.2 Å². The maximum atomic E-state index is 11.1. The summed E-state index contributed by atoms with van der Waals surface area (Å²) in [6.07, 6.45) is -0.0432. The summed E-state index contributed by atoms with van der Waals surface area (Å²) in [6.45, 7) is 2.24. The van der Waals surface area contributed by atoms with E-state index in [1.807, 2.05) is 6.92 Å². The Bertz CT molecular complexity index is 489. The lowest BCUT2D eigenvalue weighted by atomic mass is 10.3. The van der Waals surface area contributed by atoms with Gasteiger partial charge in [-0.25, -0.2) is 8.42 Å². The summed E-state index contributed by atoms with van der Waals surface area (Å²) in [6, 6.07) is 4.33. The van der Waals surface area contributed by atoms with Gasteiger partial charge in [-0.2, -0.15) is 0 Å². The summed E-state index contributed by atoms with van der Waals surface area (Å²) in [5.41, 5.74) is 0. The number of halogens is 2. The molecular formula is C10H12BrClO4S. The van der Waals surface area contributed by atoms with E-state index in [0.29, 0.717) is 16.8 Å². The summed E-state index contributed by atoms with van der Waals surface area (Å²) >= 11 is 3.22. The predicted molar refractivity (Wildman–Crippen MR) is 69.1 cm³/mol. The monoisotopic (exact) mass is 342 g/mol. The van der Waals surface area contributed by atoms with E-state index in [-0.39, 0.29) is 11.0 Å². The van der Waals surface area contributed by atoms with Crippen LogP contribution in [0.2, 0.25) is 0 Å². The highest BCUT2D eigenvalue weighted by Crippen LogP contribution is 2.29. The lowest BCUT2D eigenvalue weighted by Crippen LogP contribution is -2.16.